The largest absolute Gasteiger partial charge is 0.341 e. The van der Waals surface area contributed by atoms with Crippen LogP contribution in [0.15, 0.2) is 132 Å². The van der Waals surface area contributed by atoms with Gasteiger partial charge in [0.15, 0.2) is 0 Å². The van der Waals surface area contributed by atoms with Crippen molar-refractivity contribution in [1.82, 2.24) is 5.32 Å². The first kappa shape index (κ1) is 29.1. The molecule has 0 bridgehead atoms. The van der Waals surface area contributed by atoms with Crippen molar-refractivity contribution < 1.29 is 13.2 Å². The number of nitrogens with zero attached hydrogens (tertiary/aromatic N) is 1. The van der Waals surface area contributed by atoms with E-state index in [2.05, 4.69) is 5.32 Å². The summed E-state index contributed by atoms with van der Waals surface area (Å²) in [4.78, 5) is 14.2. The Bertz CT molecular complexity index is 1790. The van der Waals surface area contributed by atoms with Crippen molar-refractivity contribution in [3.8, 4) is 0 Å². The first-order chi connectivity index (χ1) is 20.2. The number of carbonyl (C=O) groups is 1. The number of amides is 1. The summed E-state index contributed by atoms with van der Waals surface area (Å²) in [6.07, 6.45) is 0. The number of benzene rings is 5. The fourth-order valence-electron chi connectivity index (χ4n) is 4.88. The van der Waals surface area contributed by atoms with Gasteiger partial charge >= 0.3 is 0 Å². The van der Waals surface area contributed by atoms with Gasteiger partial charge in [0.2, 0.25) is 0 Å². The predicted molar refractivity (Wildman–Crippen MR) is 169 cm³/mol. The molecule has 212 valence electrons. The minimum Gasteiger partial charge on any atom is -0.341 e. The molecule has 0 aromatic heterocycles. The number of aryl methyl sites for hydroxylation is 2. The van der Waals surface area contributed by atoms with Crippen molar-refractivity contribution in [2.75, 3.05) is 4.31 Å². The van der Waals surface area contributed by atoms with E-state index in [-0.39, 0.29) is 28.6 Å². The minimum atomic E-state index is -4.05. The molecule has 1 atom stereocenters. The van der Waals surface area contributed by atoms with Crippen LogP contribution in [0, 0.1) is 13.8 Å². The monoisotopic (exact) mass is 594 g/mol. The third-order valence-corrected chi connectivity index (χ3v) is 9.20. The lowest BCUT2D eigenvalue weighted by Gasteiger charge is -2.28. The summed E-state index contributed by atoms with van der Waals surface area (Å²) in [6, 6.07) is 37.7. The molecule has 0 spiro atoms. The molecular formula is C35H31ClN2O3S. The highest BCUT2D eigenvalue weighted by atomic mass is 35.5. The zero-order valence-corrected chi connectivity index (χ0v) is 24.9. The predicted octanol–water partition coefficient (Wildman–Crippen LogP) is 7.87. The van der Waals surface area contributed by atoms with Gasteiger partial charge in [0, 0.05) is 5.02 Å². The van der Waals surface area contributed by atoms with E-state index < -0.39 is 16.1 Å². The van der Waals surface area contributed by atoms with Crippen molar-refractivity contribution in [3.05, 3.63) is 166 Å². The van der Waals surface area contributed by atoms with Crippen molar-refractivity contribution in [2.24, 2.45) is 0 Å². The molecule has 0 aliphatic carbocycles. The molecule has 0 aliphatic rings. The lowest BCUT2D eigenvalue weighted by Crippen LogP contribution is -2.35. The summed E-state index contributed by atoms with van der Waals surface area (Å²) in [5, 5.41) is 3.74. The van der Waals surface area contributed by atoms with Gasteiger partial charge in [-0.15, -0.1) is 0 Å². The first-order valence-electron chi connectivity index (χ1n) is 13.6. The number of sulfonamides is 1. The number of nitrogens with one attached hydrogen (secondary N) is 1. The molecule has 1 amide bonds. The molecule has 5 nitrogen and oxygen atoms in total. The Morgan fingerprint density at radius 1 is 0.762 bits per heavy atom. The molecule has 0 unspecified atom stereocenters. The normalized spacial score (nSPS) is 12.0. The molecule has 5 aromatic carbocycles. The van der Waals surface area contributed by atoms with Crippen LogP contribution in [0.25, 0.3) is 0 Å². The Balaban J connectivity index is 1.59. The maximum atomic E-state index is 14.2. The van der Waals surface area contributed by atoms with Crippen molar-refractivity contribution in [2.45, 2.75) is 31.3 Å². The second-order valence-corrected chi connectivity index (χ2v) is 12.4. The second-order valence-electron chi connectivity index (χ2n) is 10.1. The van der Waals surface area contributed by atoms with Crippen LogP contribution in [-0.4, -0.2) is 14.3 Å². The van der Waals surface area contributed by atoms with Crippen LogP contribution in [0.1, 0.15) is 44.2 Å². The lowest BCUT2D eigenvalue weighted by atomic mass is 9.94. The molecule has 7 heteroatoms. The maximum Gasteiger partial charge on any atom is 0.264 e. The molecule has 1 N–H and O–H groups in total. The molecule has 5 aromatic rings. The van der Waals surface area contributed by atoms with Crippen LogP contribution in [0.3, 0.4) is 0 Å². The third-order valence-electron chi connectivity index (χ3n) is 7.17. The molecule has 42 heavy (non-hydrogen) atoms. The smallest absolute Gasteiger partial charge is 0.264 e. The third kappa shape index (κ3) is 6.40. The summed E-state index contributed by atoms with van der Waals surface area (Å²) in [6.45, 7) is 3.92. The number of rotatable bonds is 9. The van der Waals surface area contributed by atoms with E-state index in [1.165, 1.54) is 4.31 Å². The average molecular weight is 595 g/mol. The number of hydrogen-bond donors (Lipinski definition) is 1. The van der Waals surface area contributed by atoms with Crippen LogP contribution >= 0.6 is 11.6 Å². The summed E-state index contributed by atoms with van der Waals surface area (Å²) >= 11 is 6.11. The molecular weight excluding hydrogens is 564 g/mol. The highest BCUT2D eigenvalue weighted by molar-refractivity contribution is 7.92. The number of carbonyl (C=O) groups excluding carboxylic acids is 1. The number of para-hydroxylation sites is 1. The Hall–Kier alpha value is -4.39. The molecule has 5 rings (SSSR count). The standard InChI is InChI=1S/C35H31ClN2O3S/c1-25-16-22-30(23-17-25)42(40,41)38(24-27-18-20-29(36)21-19-27)33-15-9-8-14-32(33)35(39)37-34(28-11-4-3-5-12-28)31-13-7-6-10-26(31)2/h3-23,34H,24H2,1-2H3,(H,37,39)/t34-/m0/s1. The van der Waals surface area contributed by atoms with Crippen LogP contribution in [0.2, 0.25) is 5.02 Å². The van der Waals surface area contributed by atoms with Crippen molar-refractivity contribution >= 4 is 33.2 Å². The first-order valence-corrected chi connectivity index (χ1v) is 15.4. The topological polar surface area (TPSA) is 66.5 Å². The highest BCUT2D eigenvalue weighted by Gasteiger charge is 2.30. The zero-order chi connectivity index (χ0) is 29.7. The van der Waals surface area contributed by atoms with Crippen LogP contribution in [-0.2, 0) is 16.6 Å². The van der Waals surface area contributed by atoms with E-state index in [1.807, 2.05) is 68.4 Å². The fraction of sp³-hybridized carbons (Fsp3) is 0.114. The second kappa shape index (κ2) is 12.6. The van der Waals surface area contributed by atoms with E-state index in [4.69, 9.17) is 11.6 Å². The van der Waals surface area contributed by atoms with Gasteiger partial charge in [-0.25, -0.2) is 8.42 Å². The molecule has 0 saturated carbocycles. The van der Waals surface area contributed by atoms with E-state index >= 15 is 0 Å². The van der Waals surface area contributed by atoms with Gasteiger partial charge < -0.3 is 5.32 Å². The molecule has 0 radical (unpaired) electrons. The van der Waals surface area contributed by atoms with Gasteiger partial charge in [0.05, 0.1) is 28.7 Å². The van der Waals surface area contributed by atoms with E-state index in [1.54, 1.807) is 72.8 Å². The van der Waals surface area contributed by atoms with Crippen molar-refractivity contribution in [1.29, 1.82) is 0 Å². The number of anilines is 1. The van der Waals surface area contributed by atoms with Crippen LogP contribution in [0.4, 0.5) is 5.69 Å². The Kier molecular flexibility index (Phi) is 8.76. The van der Waals surface area contributed by atoms with Gasteiger partial charge in [-0.05, 0) is 72.5 Å². The van der Waals surface area contributed by atoms with E-state index in [9.17, 15) is 13.2 Å². The summed E-state index contributed by atoms with van der Waals surface area (Å²) in [5.41, 5.74) is 5.11. The lowest BCUT2D eigenvalue weighted by molar-refractivity contribution is 0.0943. The van der Waals surface area contributed by atoms with Gasteiger partial charge in [0.1, 0.15) is 0 Å². The van der Waals surface area contributed by atoms with Gasteiger partial charge in [-0.3, -0.25) is 9.10 Å². The molecule has 0 heterocycles. The average Bonchev–Trinajstić information content (AvgIpc) is 3.00. The Morgan fingerprint density at radius 3 is 2.07 bits per heavy atom. The SMILES string of the molecule is Cc1ccc(S(=O)(=O)N(Cc2ccc(Cl)cc2)c2ccccc2C(=O)N[C@@H](c2ccccc2)c2ccccc2C)cc1. The summed E-state index contributed by atoms with van der Waals surface area (Å²) in [7, 11) is -4.05. The van der Waals surface area contributed by atoms with Crippen LogP contribution in [0.5, 0.6) is 0 Å². The molecule has 0 fully saturated rings. The van der Waals surface area contributed by atoms with E-state index in [0.29, 0.717) is 5.02 Å². The Labute approximate surface area is 252 Å². The van der Waals surface area contributed by atoms with Gasteiger partial charge in [0.25, 0.3) is 15.9 Å². The highest BCUT2D eigenvalue weighted by Crippen LogP contribution is 2.31. The summed E-state index contributed by atoms with van der Waals surface area (Å²) < 4.78 is 29.6. The minimum absolute atomic E-state index is 0.0115. The van der Waals surface area contributed by atoms with Gasteiger partial charge in [-0.2, -0.15) is 0 Å². The quantitative estimate of drug-likeness (QED) is 0.189. The fourth-order valence-corrected chi connectivity index (χ4v) is 6.48. The number of hydrogen-bond acceptors (Lipinski definition) is 3. The van der Waals surface area contributed by atoms with Crippen molar-refractivity contribution in [3.63, 3.8) is 0 Å². The molecule has 0 saturated heterocycles. The molecule has 0 aliphatic heterocycles. The zero-order valence-electron chi connectivity index (χ0n) is 23.4. The maximum absolute atomic E-state index is 14.2. The number of halogens is 1. The van der Waals surface area contributed by atoms with E-state index in [0.717, 1.165) is 27.8 Å². The summed E-state index contributed by atoms with van der Waals surface area (Å²) in [5.74, 6) is -0.386. The van der Waals surface area contributed by atoms with Crippen LogP contribution < -0.4 is 9.62 Å². The van der Waals surface area contributed by atoms with Gasteiger partial charge in [-0.1, -0.05) is 108 Å². The Morgan fingerprint density at radius 2 is 1.38 bits per heavy atom.